The SMILES string of the molecule is CCNC(c1ccccc1OC(C)C)C1CC1C. The summed E-state index contributed by atoms with van der Waals surface area (Å²) in [4.78, 5) is 0. The molecule has 0 heterocycles. The van der Waals surface area contributed by atoms with Crippen LogP contribution in [-0.4, -0.2) is 12.6 Å². The average Bonchev–Trinajstić information content (AvgIpc) is 3.03. The van der Waals surface area contributed by atoms with E-state index in [0.717, 1.165) is 24.1 Å². The lowest BCUT2D eigenvalue weighted by Crippen LogP contribution is -2.24. The molecule has 1 saturated carbocycles. The van der Waals surface area contributed by atoms with Crippen molar-refractivity contribution in [1.29, 1.82) is 0 Å². The van der Waals surface area contributed by atoms with E-state index in [9.17, 15) is 0 Å². The first-order chi connectivity index (χ1) is 8.63. The Morgan fingerprint density at radius 1 is 1.33 bits per heavy atom. The fourth-order valence-electron chi connectivity index (χ4n) is 2.63. The Morgan fingerprint density at radius 2 is 2.00 bits per heavy atom. The Morgan fingerprint density at radius 3 is 2.56 bits per heavy atom. The minimum Gasteiger partial charge on any atom is -0.491 e. The predicted octanol–water partition coefficient (Wildman–Crippen LogP) is 3.78. The summed E-state index contributed by atoms with van der Waals surface area (Å²) in [6.07, 6.45) is 1.55. The van der Waals surface area contributed by atoms with Crippen LogP contribution >= 0.6 is 0 Å². The van der Waals surface area contributed by atoms with Crippen LogP contribution in [0, 0.1) is 11.8 Å². The van der Waals surface area contributed by atoms with Gasteiger partial charge < -0.3 is 10.1 Å². The Bertz CT molecular complexity index is 388. The van der Waals surface area contributed by atoms with Gasteiger partial charge in [0.1, 0.15) is 5.75 Å². The molecule has 0 amide bonds. The minimum atomic E-state index is 0.227. The largest absolute Gasteiger partial charge is 0.491 e. The number of hydrogen-bond donors (Lipinski definition) is 1. The first kappa shape index (κ1) is 13.4. The van der Waals surface area contributed by atoms with E-state index in [2.05, 4.69) is 57.3 Å². The Kier molecular flexibility index (Phi) is 4.28. The van der Waals surface area contributed by atoms with Gasteiger partial charge in [-0.05, 0) is 44.7 Å². The monoisotopic (exact) mass is 247 g/mol. The quantitative estimate of drug-likeness (QED) is 0.826. The van der Waals surface area contributed by atoms with Crippen molar-refractivity contribution >= 4 is 0 Å². The van der Waals surface area contributed by atoms with Gasteiger partial charge in [-0.3, -0.25) is 0 Å². The maximum absolute atomic E-state index is 5.95. The van der Waals surface area contributed by atoms with Crippen molar-refractivity contribution in [2.45, 2.75) is 46.3 Å². The summed E-state index contributed by atoms with van der Waals surface area (Å²) in [5.74, 6) is 2.64. The second-order valence-electron chi connectivity index (χ2n) is 5.62. The zero-order valence-corrected chi connectivity index (χ0v) is 11.9. The summed E-state index contributed by atoms with van der Waals surface area (Å²) in [6, 6.07) is 8.91. The molecule has 2 heteroatoms. The van der Waals surface area contributed by atoms with Crippen LogP contribution in [0.4, 0.5) is 0 Å². The molecule has 1 fully saturated rings. The van der Waals surface area contributed by atoms with Gasteiger partial charge >= 0.3 is 0 Å². The molecule has 2 rings (SSSR count). The van der Waals surface area contributed by atoms with E-state index in [1.165, 1.54) is 12.0 Å². The Labute approximate surface area is 111 Å². The van der Waals surface area contributed by atoms with E-state index in [1.807, 2.05) is 0 Å². The molecule has 1 aliphatic rings. The lowest BCUT2D eigenvalue weighted by atomic mass is 10.00. The molecule has 2 nitrogen and oxygen atoms in total. The van der Waals surface area contributed by atoms with Crippen LogP contribution in [0.15, 0.2) is 24.3 Å². The van der Waals surface area contributed by atoms with Crippen molar-refractivity contribution < 1.29 is 4.74 Å². The molecule has 0 radical (unpaired) electrons. The average molecular weight is 247 g/mol. The van der Waals surface area contributed by atoms with Crippen molar-refractivity contribution in [1.82, 2.24) is 5.32 Å². The highest BCUT2D eigenvalue weighted by Gasteiger charge is 2.40. The molecule has 1 N–H and O–H groups in total. The van der Waals surface area contributed by atoms with Gasteiger partial charge in [0, 0.05) is 11.6 Å². The van der Waals surface area contributed by atoms with E-state index < -0.39 is 0 Å². The Balaban J connectivity index is 2.23. The standard InChI is InChI=1S/C16H25NO/c1-5-17-16(14-10-12(14)4)13-8-6-7-9-15(13)18-11(2)3/h6-9,11-12,14,16-17H,5,10H2,1-4H3. The summed E-state index contributed by atoms with van der Waals surface area (Å²) in [7, 11) is 0. The van der Waals surface area contributed by atoms with Crippen molar-refractivity contribution in [3.8, 4) is 5.75 Å². The fraction of sp³-hybridized carbons (Fsp3) is 0.625. The molecular weight excluding hydrogens is 222 g/mol. The van der Waals surface area contributed by atoms with Crippen LogP contribution < -0.4 is 10.1 Å². The molecule has 0 bridgehead atoms. The number of hydrogen-bond acceptors (Lipinski definition) is 2. The van der Waals surface area contributed by atoms with Crippen LogP contribution in [0.3, 0.4) is 0 Å². The maximum atomic E-state index is 5.95. The number of para-hydroxylation sites is 1. The number of nitrogens with one attached hydrogen (secondary N) is 1. The third kappa shape index (κ3) is 3.05. The Hall–Kier alpha value is -1.02. The zero-order valence-electron chi connectivity index (χ0n) is 11.9. The van der Waals surface area contributed by atoms with Crippen LogP contribution in [-0.2, 0) is 0 Å². The van der Waals surface area contributed by atoms with Gasteiger partial charge in [0.15, 0.2) is 0 Å². The molecule has 100 valence electrons. The van der Waals surface area contributed by atoms with Crippen LogP contribution in [0.2, 0.25) is 0 Å². The lowest BCUT2D eigenvalue weighted by molar-refractivity contribution is 0.236. The van der Waals surface area contributed by atoms with Crippen molar-refractivity contribution in [2.75, 3.05) is 6.54 Å². The highest BCUT2D eigenvalue weighted by molar-refractivity contribution is 5.37. The highest BCUT2D eigenvalue weighted by atomic mass is 16.5. The van der Waals surface area contributed by atoms with Gasteiger partial charge in [0.25, 0.3) is 0 Å². The van der Waals surface area contributed by atoms with Crippen molar-refractivity contribution in [3.63, 3.8) is 0 Å². The van der Waals surface area contributed by atoms with Gasteiger partial charge in [-0.1, -0.05) is 32.0 Å². The van der Waals surface area contributed by atoms with Gasteiger partial charge in [0.05, 0.1) is 6.10 Å². The minimum absolute atomic E-state index is 0.227. The zero-order chi connectivity index (χ0) is 13.1. The van der Waals surface area contributed by atoms with E-state index in [1.54, 1.807) is 0 Å². The third-order valence-electron chi connectivity index (χ3n) is 3.64. The van der Waals surface area contributed by atoms with E-state index >= 15 is 0 Å². The molecule has 0 saturated heterocycles. The van der Waals surface area contributed by atoms with Gasteiger partial charge in [-0.25, -0.2) is 0 Å². The van der Waals surface area contributed by atoms with Gasteiger partial charge in [0.2, 0.25) is 0 Å². The number of ether oxygens (including phenoxy) is 1. The number of rotatable bonds is 6. The van der Waals surface area contributed by atoms with Crippen LogP contribution in [0.25, 0.3) is 0 Å². The molecule has 1 aromatic carbocycles. The maximum Gasteiger partial charge on any atom is 0.124 e. The summed E-state index contributed by atoms with van der Waals surface area (Å²) in [5, 5.41) is 3.62. The molecule has 3 unspecified atom stereocenters. The van der Waals surface area contributed by atoms with Crippen LogP contribution in [0.1, 0.15) is 45.7 Å². The van der Waals surface area contributed by atoms with Crippen molar-refractivity contribution in [2.24, 2.45) is 11.8 Å². The summed E-state index contributed by atoms with van der Waals surface area (Å²) in [5.41, 5.74) is 1.32. The molecule has 0 spiro atoms. The lowest BCUT2D eigenvalue weighted by Gasteiger charge is -2.22. The first-order valence-corrected chi connectivity index (χ1v) is 7.12. The fourth-order valence-corrected chi connectivity index (χ4v) is 2.63. The normalized spacial score (nSPS) is 24.1. The highest BCUT2D eigenvalue weighted by Crippen LogP contribution is 2.48. The van der Waals surface area contributed by atoms with Crippen LogP contribution in [0.5, 0.6) is 5.75 Å². The van der Waals surface area contributed by atoms with E-state index in [-0.39, 0.29) is 6.10 Å². The predicted molar refractivity (Wildman–Crippen MR) is 75.9 cm³/mol. The molecule has 18 heavy (non-hydrogen) atoms. The smallest absolute Gasteiger partial charge is 0.124 e. The van der Waals surface area contributed by atoms with Gasteiger partial charge in [-0.2, -0.15) is 0 Å². The second kappa shape index (κ2) is 5.75. The van der Waals surface area contributed by atoms with Crippen molar-refractivity contribution in [3.05, 3.63) is 29.8 Å². The second-order valence-corrected chi connectivity index (χ2v) is 5.62. The number of benzene rings is 1. The molecular formula is C16H25NO. The van der Waals surface area contributed by atoms with Gasteiger partial charge in [-0.15, -0.1) is 0 Å². The summed E-state index contributed by atoms with van der Waals surface area (Å²) >= 11 is 0. The molecule has 1 aromatic rings. The molecule has 1 aliphatic carbocycles. The molecule has 3 atom stereocenters. The molecule has 0 aliphatic heterocycles. The summed E-state index contributed by atoms with van der Waals surface area (Å²) < 4.78 is 5.95. The van der Waals surface area contributed by atoms with E-state index in [4.69, 9.17) is 4.74 Å². The third-order valence-corrected chi connectivity index (χ3v) is 3.64. The topological polar surface area (TPSA) is 21.3 Å². The molecule has 0 aromatic heterocycles. The summed E-state index contributed by atoms with van der Waals surface area (Å²) in [6.45, 7) is 9.67. The first-order valence-electron chi connectivity index (χ1n) is 7.12. The van der Waals surface area contributed by atoms with E-state index in [0.29, 0.717) is 6.04 Å².